The lowest BCUT2D eigenvalue weighted by Gasteiger charge is -2.11. The molecule has 0 unspecified atom stereocenters. The molecule has 146 valence electrons. The van der Waals surface area contributed by atoms with Gasteiger partial charge in [0.2, 0.25) is 0 Å². The van der Waals surface area contributed by atoms with Crippen molar-refractivity contribution in [3.8, 4) is 11.5 Å². The average molecular weight is 414 g/mol. The summed E-state index contributed by atoms with van der Waals surface area (Å²) in [5.41, 5.74) is 4.16. The molecule has 3 rings (SSSR count). The normalized spacial score (nSPS) is 11.5. The van der Waals surface area contributed by atoms with Gasteiger partial charge in [-0.05, 0) is 36.4 Å². The minimum absolute atomic E-state index is 0.135. The van der Waals surface area contributed by atoms with E-state index in [1.807, 2.05) is 0 Å². The summed E-state index contributed by atoms with van der Waals surface area (Å²) in [6.07, 6.45) is 2.77. The fraction of sp³-hybridized carbons (Fsp3) is 0.111. The second-order valence-corrected chi connectivity index (χ2v) is 5.78. The van der Waals surface area contributed by atoms with Crippen molar-refractivity contribution in [2.24, 2.45) is 5.10 Å². The van der Waals surface area contributed by atoms with E-state index in [4.69, 9.17) is 11.6 Å². The molecule has 0 atom stereocenters. The van der Waals surface area contributed by atoms with Crippen molar-refractivity contribution < 1.29 is 27.0 Å². The molecular formula is C18H12ClF4N3O2. The maximum absolute atomic E-state index is 12.6. The number of fused-ring (bicyclic) bond motifs is 1. The molecule has 0 saturated heterocycles. The second kappa shape index (κ2) is 8.75. The Bertz CT molecular complexity index is 1000. The molecule has 0 aliphatic carbocycles. The predicted octanol–water partition coefficient (Wildman–Crippen LogP) is 5.54. The molecule has 1 N–H and O–H groups in total. The van der Waals surface area contributed by atoms with Gasteiger partial charge >= 0.3 is 13.2 Å². The zero-order valence-corrected chi connectivity index (χ0v) is 14.7. The number of ether oxygens (including phenoxy) is 2. The number of anilines is 1. The fourth-order valence-electron chi connectivity index (χ4n) is 2.39. The van der Waals surface area contributed by atoms with Gasteiger partial charge in [0.05, 0.1) is 17.4 Å². The topological polar surface area (TPSA) is 55.7 Å². The SMILES string of the molecule is FC(F)Oc1ccc(/C=N\Nc2ccnc3cc(Cl)ccc23)c(OC(F)F)c1. The van der Waals surface area contributed by atoms with Crippen molar-refractivity contribution in [1.29, 1.82) is 0 Å². The molecule has 0 saturated carbocycles. The predicted molar refractivity (Wildman–Crippen MR) is 97.7 cm³/mol. The van der Waals surface area contributed by atoms with E-state index < -0.39 is 13.2 Å². The number of hydrogen-bond acceptors (Lipinski definition) is 5. The molecular weight excluding hydrogens is 402 g/mol. The number of rotatable bonds is 7. The maximum atomic E-state index is 12.6. The molecule has 3 aromatic rings. The maximum Gasteiger partial charge on any atom is 0.387 e. The molecule has 1 heterocycles. The zero-order valence-electron chi connectivity index (χ0n) is 14.0. The van der Waals surface area contributed by atoms with Gasteiger partial charge in [-0.15, -0.1) is 0 Å². The van der Waals surface area contributed by atoms with Gasteiger partial charge in [-0.25, -0.2) is 0 Å². The van der Waals surface area contributed by atoms with E-state index >= 15 is 0 Å². The van der Waals surface area contributed by atoms with Crippen molar-refractivity contribution in [1.82, 2.24) is 4.98 Å². The van der Waals surface area contributed by atoms with Crippen LogP contribution >= 0.6 is 11.6 Å². The van der Waals surface area contributed by atoms with Crippen LogP contribution in [0.4, 0.5) is 23.2 Å². The molecule has 0 aliphatic heterocycles. The number of nitrogens with one attached hydrogen (secondary N) is 1. The minimum Gasteiger partial charge on any atom is -0.435 e. The van der Waals surface area contributed by atoms with Gasteiger partial charge in [0.15, 0.2) is 0 Å². The van der Waals surface area contributed by atoms with Crippen LogP contribution in [0.5, 0.6) is 11.5 Å². The molecule has 1 aromatic heterocycles. The number of hydrogen-bond donors (Lipinski definition) is 1. The van der Waals surface area contributed by atoms with E-state index in [1.165, 1.54) is 18.3 Å². The highest BCUT2D eigenvalue weighted by molar-refractivity contribution is 6.31. The van der Waals surface area contributed by atoms with Gasteiger partial charge in [-0.2, -0.15) is 22.7 Å². The van der Waals surface area contributed by atoms with E-state index in [-0.39, 0.29) is 17.1 Å². The third kappa shape index (κ3) is 5.01. The van der Waals surface area contributed by atoms with Crippen LogP contribution in [0.25, 0.3) is 10.9 Å². The first-order valence-corrected chi connectivity index (χ1v) is 8.17. The summed E-state index contributed by atoms with van der Waals surface area (Å²) >= 11 is 5.94. The van der Waals surface area contributed by atoms with Gasteiger partial charge in [0.25, 0.3) is 0 Å². The fourth-order valence-corrected chi connectivity index (χ4v) is 2.55. The molecule has 0 aliphatic rings. The Kier molecular flexibility index (Phi) is 6.15. The van der Waals surface area contributed by atoms with Crippen LogP contribution < -0.4 is 14.9 Å². The van der Waals surface area contributed by atoms with Crippen LogP contribution in [-0.2, 0) is 0 Å². The van der Waals surface area contributed by atoms with Crippen molar-refractivity contribution in [2.45, 2.75) is 13.2 Å². The van der Waals surface area contributed by atoms with Crippen LogP contribution in [0.2, 0.25) is 5.02 Å². The number of alkyl halides is 4. The Balaban J connectivity index is 1.83. The van der Waals surface area contributed by atoms with Crippen molar-refractivity contribution >= 4 is 34.4 Å². The molecule has 0 bridgehead atoms. The largest absolute Gasteiger partial charge is 0.435 e. The highest BCUT2D eigenvalue weighted by atomic mass is 35.5. The lowest BCUT2D eigenvalue weighted by molar-refractivity contribution is -0.0543. The Hall–Kier alpha value is -3.07. The molecule has 5 nitrogen and oxygen atoms in total. The van der Waals surface area contributed by atoms with Gasteiger partial charge < -0.3 is 9.47 Å². The summed E-state index contributed by atoms with van der Waals surface area (Å²) in [5.74, 6) is -0.669. The quantitative estimate of drug-likeness (QED) is 0.314. The lowest BCUT2D eigenvalue weighted by Crippen LogP contribution is -2.07. The van der Waals surface area contributed by atoms with E-state index in [1.54, 1.807) is 30.5 Å². The molecule has 0 radical (unpaired) electrons. The number of aromatic nitrogens is 1. The van der Waals surface area contributed by atoms with Crippen molar-refractivity contribution in [3.63, 3.8) is 0 Å². The van der Waals surface area contributed by atoms with Gasteiger partial charge in [-0.3, -0.25) is 10.4 Å². The van der Waals surface area contributed by atoms with E-state index in [2.05, 4.69) is 25.0 Å². The first-order valence-electron chi connectivity index (χ1n) is 7.79. The number of halogens is 5. The monoisotopic (exact) mass is 413 g/mol. The molecule has 0 fully saturated rings. The Morgan fingerprint density at radius 1 is 1.00 bits per heavy atom. The first kappa shape index (κ1) is 19.7. The van der Waals surface area contributed by atoms with Gasteiger partial charge in [-0.1, -0.05) is 11.6 Å². The highest BCUT2D eigenvalue weighted by Crippen LogP contribution is 2.27. The summed E-state index contributed by atoms with van der Waals surface area (Å²) in [4.78, 5) is 4.19. The van der Waals surface area contributed by atoms with E-state index in [0.29, 0.717) is 16.2 Å². The van der Waals surface area contributed by atoms with E-state index in [0.717, 1.165) is 11.5 Å². The van der Waals surface area contributed by atoms with Crippen molar-refractivity contribution in [3.05, 3.63) is 59.2 Å². The first-order chi connectivity index (χ1) is 13.4. The number of hydrazone groups is 1. The van der Waals surface area contributed by atoms with Crippen LogP contribution in [0.15, 0.2) is 53.8 Å². The summed E-state index contributed by atoms with van der Waals surface area (Å²) in [6.45, 7) is -6.23. The van der Waals surface area contributed by atoms with Crippen LogP contribution in [-0.4, -0.2) is 24.4 Å². The summed E-state index contributed by atoms with van der Waals surface area (Å²) in [5, 5.41) is 5.27. The van der Waals surface area contributed by atoms with Crippen LogP contribution in [0.1, 0.15) is 5.56 Å². The summed E-state index contributed by atoms with van der Waals surface area (Å²) in [7, 11) is 0. The second-order valence-electron chi connectivity index (χ2n) is 5.35. The Morgan fingerprint density at radius 2 is 1.79 bits per heavy atom. The Morgan fingerprint density at radius 3 is 2.54 bits per heavy atom. The molecule has 2 aromatic carbocycles. The molecule has 0 amide bonds. The third-order valence-corrected chi connectivity index (χ3v) is 3.75. The smallest absolute Gasteiger partial charge is 0.387 e. The van der Waals surface area contributed by atoms with Gasteiger partial charge in [0.1, 0.15) is 11.5 Å². The Labute approximate surface area is 161 Å². The minimum atomic E-state index is -3.14. The van der Waals surface area contributed by atoms with Crippen LogP contribution in [0, 0.1) is 0 Å². The van der Waals surface area contributed by atoms with E-state index in [9.17, 15) is 17.6 Å². The standard InChI is InChI=1S/C18H12ClF4N3O2/c19-11-2-4-13-14(5-6-24-15(13)7-11)26-25-9-10-1-3-12(27-17(20)21)8-16(10)28-18(22)23/h1-9,17-18H,(H,24,26)/b25-9-. The van der Waals surface area contributed by atoms with Crippen molar-refractivity contribution in [2.75, 3.05) is 5.43 Å². The molecule has 10 heteroatoms. The number of nitrogens with zero attached hydrogens (tertiary/aromatic N) is 2. The summed E-state index contributed by atoms with van der Waals surface area (Å²) in [6, 6.07) is 10.2. The molecule has 0 spiro atoms. The third-order valence-electron chi connectivity index (χ3n) is 3.52. The molecule has 28 heavy (non-hydrogen) atoms. The van der Waals surface area contributed by atoms with Gasteiger partial charge in [0, 0.05) is 28.2 Å². The zero-order chi connectivity index (χ0) is 20.1. The number of pyridine rings is 1. The lowest BCUT2D eigenvalue weighted by atomic mass is 10.2. The number of benzene rings is 2. The average Bonchev–Trinajstić information content (AvgIpc) is 2.62. The highest BCUT2D eigenvalue weighted by Gasteiger charge is 2.12. The summed E-state index contributed by atoms with van der Waals surface area (Å²) < 4.78 is 58.3. The van der Waals surface area contributed by atoms with Crippen LogP contribution in [0.3, 0.4) is 0 Å².